The van der Waals surface area contributed by atoms with Crippen LogP contribution in [0.1, 0.15) is 18.1 Å². The molecule has 0 aliphatic carbocycles. The number of aryl methyl sites for hydroxylation is 1. The molecule has 2 aromatic rings. The molecule has 0 aliphatic heterocycles. The van der Waals surface area contributed by atoms with Gasteiger partial charge in [-0.15, -0.1) is 0 Å². The van der Waals surface area contributed by atoms with Gasteiger partial charge in [-0.1, -0.05) is 58.7 Å². The van der Waals surface area contributed by atoms with Crippen LogP contribution in [0.15, 0.2) is 53.7 Å². The lowest BCUT2D eigenvalue weighted by Gasteiger charge is -2.06. The highest BCUT2D eigenvalue weighted by Crippen LogP contribution is 2.22. The SMILES string of the molecule is C/C(Cc1ccc(C)cc1)=N\OC(=O)COc1ccccc1Cl. The van der Waals surface area contributed by atoms with Gasteiger partial charge in [0.1, 0.15) is 5.75 Å². The monoisotopic (exact) mass is 331 g/mol. The molecule has 4 nitrogen and oxygen atoms in total. The number of nitrogens with zero attached hydrogens (tertiary/aromatic N) is 1. The molecule has 120 valence electrons. The molecule has 5 heteroatoms. The molecule has 0 amide bonds. The maximum Gasteiger partial charge on any atom is 0.372 e. The smallest absolute Gasteiger partial charge is 0.372 e. The van der Waals surface area contributed by atoms with E-state index >= 15 is 0 Å². The van der Waals surface area contributed by atoms with E-state index in [1.165, 1.54) is 5.56 Å². The second-order valence-electron chi connectivity index (χ2n) is 5.17. The second kappa shape index (κ2) is 8.34. The molecule has 0 fully saturated rings. The second-order valence-corrected chi connectivity index (χ2v) is 5.58. The molecule has 0 aliphatic rings. The lowest BCUT2D eigenvalue weighted by Crippen LogP contribution is -2.13. The Kier molecular flexibility index (Phi) is 6.18. The molecular formula is C18H18ClNO3. The molecule has 2 rings (SSSR count). The third kappa shape index (κ3) is 5.75. The van der Waals surface area contributed by atoms with Crippen molar-refractivity contribution in [1.82, 2.24) is 0 Å². The first-order chi connectivity index (χ1) is 11.0. The molecule has 0 N–H and O–H groups in total. The summed E-state index contributed by atoms with van der Waals surface area (Å²) in [6.07, 6.45) is 0.624. The Balaban J connectivity index is 1.80. The van der Waals surface area contributed by atoms with Gasteiger partial charge in [0.15, 0.2) is 6.61 Å². The van der Waals surface area contributed by atoms with Crippen LogP contribution in [0, 0.1) is 6.92 Å². The summed E-state index contributed by atoms with van der Waals surface area (Å²) in [5.74, 6) is -0.139. The van der Waals surface area contributed by atoms with Crippen molar-refractivity contribution in [3.8, 4) is 5.75 Å². The Morgan fingerprint density at radius 2 is 1.83 bits per heavy atom. The highest BCUT2D eigenvalue weighted by Gasteiger charge is 2.07. The van der Waals surface area contributed by atoms with Crippen molar-refractivity contribution in [2.75, 3.05) is 6.61 Å². The molecule has 0 bridgehead atoms. The van der Waals surface area contributed by atoms with E-state index in [0.717, 1.165) is 5.56 Å². The molecule has 0 atom stereocenters. The fourth-order valence-corrected chi connectivity index (χ4v) is 2.08. The summed E-state index contributed by atoms with van der Waals surface area (Å²) in [7, 11) is 0. The zero-order chi connectivity index (χ0) is 16.7. The predicted octanol–water partition coefficient (Wildman–Crippen LogP) is 4.19. The normalized spacial score (nSPS) is 11.2. The number of carbonyl (C=O) groups is 1. The molecule has 2 aromatic carbocycles. The van der Waals surface area contributed by atoms with Crippen LogP contribution in [-0.2, 0) is 16.1 Å². The highest BCUT2D eigenvalue weighted by molar-refractivity contribution is 6.32. The molecule has 0 saturated carbocycles. The number of rotatable bonds is 6. The average molecular weight is 332 g/mol. The van der Waals surface area contributed by atoms with Crippen LogP contribution in [-0.4, -0.2) is 18.3 Å². The van der Waals surface area contributed by atoms with Crippen LogP contribution in [0.3, 0.4) is 0 Å². The van der Waals surface area contributed by atoms with Crippen molar-refractivity contribution >= 4 is 23.3 Å². The standard InChI is InChI=1S/C18H18ClNO3/c1-13-7-9-15(10-8-13)11-14(2)20-23-18(21)12-22-17-6-4-3-5-16(17)19/h3-10H,11-12H2,1-2H3/b20-14+. The molecule has 23 heavy (non-hydrogen) atoms. The Morgan fingerprint density at radius 3 is 2.52 bits per heavy atom. The van der Waals surface area contributed by atoms with E-state index in [2.05, 4.69) is 5.16 Å². The summed E-state index contributed by atoms with van der Waals surface area (Å²) >= 11 is 5.93. The Morgan fingerprint density at radius 1 is 1.13 bits per heavy atom. The van der Waals surface area contributed by atoms with Gasteiger partial charge >= 0.3 is 5.97 Å². The van der Waals surface area contributed by atoms with Crippen molar-refractivity contribution in [2.24, 2.45) is 5.16 Å². The zero-order valence-corrected chi connectivity index (χ0v) is 13.8. The minimum Gasteiger partial charge on any atom is -0.480 e. The predicted molar refractivity (Wildman–Crippen MR) is 91.0 cm³/mol. The number of carbonyl (C=O) groups excluding carboxylic acids is 1. The van der Waals surface area contributed by atoms with Gasteiger partial charge in [-0.3, -0.25) is 0 Å². The summed E-state index contributed by atoms with van der Waals surface area (Å²) in [4.78, 5) is 16.5. The third-order valence-electron chi connectivity index (χ3n) is 3.07. The number of ether oxygens (including phenoxy) is 1. The van der Waals surface area contributed by atoms with E-state index in [1.54, 1.807) is 24.3 Å². The lowest BCUT2D eigenvalue weighted by atomic mass is 10.1. The molecule has 0 aromatic heterocycles. The average Bonchev–Trinajstić information content (AvgIpc) is 2.54. The van der Waals surface area contributed by atoms with E-state index in [1.807, 2.05) is 38.1 Å². The van der Waals surface area contributed by atoms with Crippen molar-refractivity contribution in [2.45, 2.75) is 20.3 Å². The van der Waals surface area contributed by atoms with Crippen LogP contribution in [0.5, 0.6) is 5.75 Å². The quantitative estimate of drug-likeness (QED) is 0.453. The fraction of sp³-hybridized carbons (Fsp3) is 0.222. The van der Waals surface area contributed by atoms with Crippen LogP contribution < -0.4 is 4.74 Å². The summed E-state index contributed by atoms with van der Waals surface area (Å²) in [6, 6.07) is 15.0. The highest BCUT2D eigenvalue weighted by atomic mass is 35.5. The van der Waals surface area contributed by atoms with Gasteiger partial charge in [0.05, 0.1) is 10.7 Å². The fourth-order valence-electron chi connectivity index (χ4n) is 1.89. The van der Waals surface area contributed by atoms with E-state index in [-0.39, 0.29) is 6.61 Å². The van der Waals surface area contributed by atoms with Gasteiger partial charge in [0, 0.05) is 6.42 Å². The molecular weight excluding hydrogens is 314 g/mol. The first-order valence-electron chi connectivity index (χ1n) is 7.21. The summed E-state index contributed by atoms with van der Waals surface area (Å²) in [6.45, 7) is 3.60. The van der Waals surface area contributed by atoms with E-state index in [4.69, 9.17) is 21.2 Å². The Bertz CT molecular complexity index is 696. The van der Waals surface area contributed by atoms with E-state index < -0.39 is 5.97 Å². The minimum absolute atomic E-state index is 0.245. The first kappa shape index (κ1) is 17.0. The summed E-state index contributed by atoms with van der Waals surface area (Å²) < 4.78 is 5.29. The number of oxime groups is 1. The number of halogens is 1. The van der Waals surface area contributed by atoms with Crippen LogP contribution in [0.2, 0.25) is 5.02 Å². The third-order valence-corrected chi connectivity index (χ3v) is 3.38. The van der Waals surface area contributed by atoms with Gasteiger partial charge in [0.2, 0.25) is 0 Å². The van der Waals surface area contributed by atoms with E-state index in [0.29, 0.717) is 22.9 Å². The van der Waals surface area contributed by atoms with Crippen molar-refractivity contribution in [1.29, 1.82) is 0 Å². The largest absolute Gasteiger partial charge is 0.480 e. The minimum atomic E-state index is -0.576. The number of para-hydroxylation sites is 1. The van der Waals surface area contributed by atoms with Crippen LogP contribution >= 0.6 is 11.6 Å². The first-order valence-corrected chi connectivity index (χ1v) is 7.58. The topological polar surface area (TPSA) is 47.9 Å². The maximum atomic E-state index is 11.6. The Labute approximate surface area is 140 Å². The number of hydrogen-bond acceptors (Lipinski definition) is 4. The molecule has 0 radical (unpaired) electrons. The van der Waals surface area contributed by atoms with Gasteiger partial charge in [-0.05, 0) is 31.5 Å². The summed E-state index contributed by atoms with van der Waals surface area (Å²) in [5, 5.41) is 4.27. The van der Waals surface area contributed by atoms with Crippen LogP contribution in [0.4, 0.5) is 0 Å². The van der Waals surface area contributed by atoms with Gasteiger partial charge in [-0.2, -0.15) is 0 Å². The van der Waals surface area contributed by atoms with Crippen LogP contribution in [0.25, 0.3) is 0 Å². The molecule has 0 saturated heterocycles. The number of benzene rings is 2. The molecule has 0 heterocycles. The van der Waals surface area contributed by atoms with Gasteiger partial charge in [0.25, 0.3) is 0 Å². The van der Waals surface area contributed by atoms with Gasteiger partial charge in [-0.25, -0.2) is 4.79 Å². The molecule has 0 unspecified atom stereocenters. The van der Waals surface area contributed by atoms with Crippen molar-refractivity contribution in [3.05, 3.63) is 64.7 Å². The Hall–Kier alpha value is -2.33. The lowest BCUT2D eigenvalue weighted by molar-refractivity contribution is -0.146. The zero-order valence-electron chi connectivity index (χ0n) is 13.1. The van der Waals surface area contributed by atoms with Crippen molar-refractivity contribution in [3.63, 3.8) is 0 Å². The van der Waals surface area contributed by atoms with Gasteiger partial charge < -0.3 is 9.57 Å². The maximum absolute atomic E-state index is 11.6. The summed E-state index contributed by atoms with van der Waals surface area (Å²) in [5.41, 5.74) is 3.02. The van der Waals surface area contributed by atoms with Crippen molar-refractivity contribution < 1.29 is 14.4 Å². The molecule has 0 spiro atoms. The number of hydrogen-bond donors (Lipinski definition) is 0. The van der Waals surface area contributed by atoms with E-state index in [9.17, 15) is 4.79 Å².